The largest absolute Gasteiger partial charge is 0.491 e. The average Bonchev–Trinajstić information content (AvgIpc) is 2.53. The van der Waals surface area contributed by atoms with Gasteiger partial charge in [-0.2, -0.15) is 0 Å². The van der Waals surface area contributed by atoms with Gasteiger partial charge in [0.2, 0.25) is 10.0 Å². The first-order valence-corrected chi connectivity index (χ1v) is 8.71. The second-order valence-electron chi connectivity index (χ2n) is 5.26. The van der Waals surface area contributed by atoms with Crippen LogP contribution >= 0.6 is 0 Å². The summed E-state index contributed by atoms with van der Waals surface area (Å²) >= 11 is 0. The molecule has 0 aliphatic heterocycles. The molecule has 23 heavy (non-hydrogen) atoms. The Balaban J connectivity index is 2.05. The van der Waals surface area contributed by atoms with E-state index in [2.05, 4.69) is 4.72 Å². The number of rotatable bonds is 7. The highest BCUT2D eigenvalue weighted by Crippen LogP contribution is 2.15. The van der Waals surface area contributed by atoms with Crippen LogP contribution in [-0.2, 0) is 10.0 Å². The van der Waals surface area contributed by atoms with Gasteiger partial charge in [-0.25, -0.2) is 13.1 Å². The van der Waals surface area contributed by atoms with Crippen LogP contribution in [0, 0.1) is 0 Å². The van der Waals surface area contributed by atoms with E-state index in [-0.39, 0.29) is 23.3 Å². The highest BCUT2D eigenvalue weighted by Gasteiger charge is 2.16. The smallest absolute Gasteiger partial charge is 0.240 e. The standard InChI is InChI=1S/C17H19NO4S/c1-13(2)22-15-8-6-7-14(11-15)17(19)12-18-23(20,21)16-9-4-3-5-10-16/h3-11,13,18H,12H2,1-2H3. The van der Waals surface area contributed by atoms with Gasteiger partial charge in [0.05, 0.1) is 17.5 Å². The van der Waals surface area contributed by atoms with Crippen LogP contribution in [0.4, 0.5) is 0 Å². The molecule has 5 nitrogen and oxygen atoms in total. The molecule has 2 rings (SSSR count). The fourth-order valence-electron chi connectivity index (χ4n) is 1.96. The number of Topliss-reactive ketones (excluding diaryl/α,β-unsaturated/α-hetero) is 1. The summed E-state index contributed by atoms with van der Waals surface area (Å²) in [6, 6.07) is 14.6. The maximum absolute atomic E-state index is 12.2. The van der Waals surface area contributed by atoms with Crippen molar-refractivity contribution in [2.24, 2.45) is 0 Å². The van der Waals surface area contributed by atoms with Gasteiger partial charge in [0.25, 0.3) is 0 Å². The van der Waals surface area contributed by atoms with Crippen molar-refractivity contribution in [1.29, 1.82) is 0 Å². The summed E-state index contributed by atoms with van der Waals surface area (Å²) in [4.78, 5) is 12.3. The van der Waals surface area contributed by atoms with Crippen LogP contribution < -0.4 is 9.46 Å². The van der Waals surface area contributed by atoms with Crippen molar-refractivity contribution in [2.45, 2.75) is 24.8 Å². The number of sulfonamides is 1. The molecule has 0 unspecified atom stereocenters. The lowest BCUT2D eigenvalue weighted by molar-refractivity contribution is 0.0996. The maximum atomic E-state index is 12.2. The van der Waals surface area contributed by atoms with E-state index >= 15 is 0 Å². The fraction of sp³-hybridized carbons (Fsp3) is 0.235. The molecule has 0 radical (unpaired) electrons. The molecular formula is C17H19NO4S. The summed E-state index contributed by atoms with van der Waals surface area (Å²) in [5, 5.41) is 0. The quantitative estimate of drug-likeness (QED) is 0.791. The SMILES string of the molecule is CC(C)Oc1cccc(C(=O)CNS(=O)(=O)c2ccccc2)c1. The number of hydrogen-bond acceptors (Lipinski definition) is 4. The van der Waals surface area contributed by atoms with Gasteiger partial charge in [-0.15, -0.1) is 0 Å². The third-order valence-corrected chi connectivity index (χ3v) is 4.42. The Labute approximate surface area is 136 Å². The minimum atomic E-state index is -3.69. The number of nitrogens with one attached hydrogen (secondary N) is 1. The number of hydrogen-bond donors (Lipinski definition) is 1. The molecule has 2 aromatic rings. The molecule has 0 spiro atoms. The van der Waals surface area contributed by atoms with Crippen molar-refractivity contribution in [2.75, 3.05) is 6.54 Å². The first-order chi connectivity index (χ1) is 10.9. The van der Waals surface area contributed by atoms with Gasteiger partial charge in [0.1, 0.15) is 5.75 Å². The van der Waals surface area contributed by atoms with Crippen molar-refractivity contribution in [1.82, 2.24) is 4.72 Å². The summed E-state index contributed by atoms with van der Waals surface area (Å²) in [6.07, 6.45) is -0.00284. The number of ether oxygens (including phenoxy) is 1. The predicted molar refractivity (Wildman–Crippen MR) is 88.2 cm³/mol. The third kappa shape index (κ3) is 4.91. The molecular weight excluding hydrogens is 314 g/mol. The first kappa shape index (κ1) is 17.2. The van der Waals surface area contributed by atoms with Crippen molar-refractivity contribution < 1.29 is 17.9 Å². The van der Waals surface area contributed by atoms with E-state index in [1.807, 2.05) is 13.8 Å². The van der Waals surface area contributed by atoms with E-state index in [1.54, 1.807) is 42.5 Å². The summed E-state index contributed by atoms with van der Waals surface area (Å²) in [5.41, 5.74) is 0.402. The Morgan fingerprint density at radius 2 is 1.78 bits per heavy atom. The van der Waals surface area contributed by atoms with E-state index in [4.69, 9.17) is 4.74 Å². The Hall–Kier alpha value is -2.18. The van der Waals surface area contributed by atoms with Crippen molar-refractivity contribution >= 4 is 15.8 Å². The van der Waals surface area contributed by atoms with E-state index in [9.17, 15) is 13.2 Å². The lowest BCUT2D eigenvalue weighted by Gasteiger charge is -2.11. The monoisotopic (exact) mass is 333 g/mol. The molecule has 0 fully saturated rings. The topological polar surface area (TPSA) is 72.5 Å². The van der Waals surface area contributed by atoms with Crippen LogP contribution in [0.25, 0.3) is 0 Å². The summed E-state index contributed by atoms with van der Waals surface area (Å²) < 4.78 is 32.0. The number of ketones is 1. The second-order valence-corrected chi connectivity index (χ2v) is 7.02. The molecule has 122 valence electrons. The van der Waals surface area contributed by atoms with Crippen molar-refractivity contribution in [3.63, 3.8) is 0 Å². The molecule has 0 bridgehead atoms. The van der Waals surface area contributed by atoms with Gasteiger partial charge < -0.3 is 4.74 Å². The Morgan fingerprint density at radius 1 is 1.09 bits per heavy atom. The molecule has 6 heteroatoms. The summed E-state index contributed by atoms with van der Waals surface area (Å²) in [5.74, 6) is 0.260. The Kier molecular flexibility index (Phi) is 5.52. The molecule has 0 saturated heterocycles. The van der Waals surface area contributed by atoms with E-state index in [0.29, 0.717) is 11.3 Å². The molecule has 0 amide bonds. The Bertz CT molecular complexity index is 770. The van der Waals surface area contributed by atoms with E-state index in [1.165, 1.54) is 12.1 Å². The number of carbonyl (C=O) groups is 1. The van der Waals surface area contributed by atoms with Crippen LogP contribution in [0.15, 0.2) is 59.5 Å². The first-order valence-electron chi connectivity index (χ1n) is 7.23. The van der Waals surface area contributed by atoms with Gasteiger partial charge in [-0.05, 0) is 38.1 Å². The normalized spacial score (nSPS) is 11.4. The van der Waals surface area contributed by atoms with Crippen molar-refractivity contribution in [3.05, 3.63) is 60.2 Å². The van der Waals surface area contributed by atoms with Crippen LogP contribution in [0.5, 0.6) is 5.75 Å². The molecule has 0 aliphatic rings. The van der Waals surface area contributed by atoms with Gasteiger partial charge in [-0.1, -0.05) is 30.3 Å². The minimum absolute atomic E-state index is 0.00284. The minimum Gasteiger partial charge on any atom is -0.491 e. The molecule has 0 heterocycles. The molecule has 0 aromatic heterocycles. The van der Waals surface area contributed by atoms with Gasteiger partial charge >= 0.3 is 0 Å². The second kappa shape index (κ2) is 7.39. The average molecular weight is 333 g/mol. The number of carbonyl (C=O) groups excluding carboxylic acids is 1. The van der Waals surface area contributed by atoms with Gasteiger partial charge in [-0.3, -0.25) is 4.79 Å². The van der Waals surface area contributed by atoms with Crippen LogP contribution in [-0.4, -0.2) is 26.8 Å². The summed E-state index contributed by atoms with van der Waals surface area (Å²) in [7, 11) is -3.69. The predicted octanol–water partition coefficient (Wildman–Crippen LogP) is 2.64. The van der Waals surface area contributed by atoms with Crippen LogP contribution in [0.1, 0.15) is 24.2 Å². The highest BCUT2D eigenvalue weighted by atomic mass is 32.2. The zero-order valence-electron chi connectivity index (χ0n) is 13.0. The van der Waals surface area contributed by atoms with E-state index in [0.717, 1.165) is 0 Å². The van der Waals surface area contributed by atoms with Crippen molar-refractivity contribution in [3.8, 4) is 5.75 Å². The number of benzene rings is 2. The van der Waals surface area contributed by atoms with E-state index < -0.39 is 10.0 Å². The zero-order valence-corrected chi connectivity index (χ0v) is 13.8. The Morgan fingerprint density at radius 3 is 2.43 bits per heavy atom. The molecule has 2 aromatic carbocycles. The lowest BCUT2D eigenvalue weighted by Crippen LogP contribution is -2.29. The summed E-state index contributed by atoms with van der Waals surface area (Å²) in [6.45, 7) is 3.48. The molecule has 0 aliphatic carbocycles. The zero-order chi connectivity index (χ0) is 16.9. The molecule has 0 atom stereocenters. The van der Waals surface area contributed by atoms with Gasteiger partial charge in [0.15, 0.2) is 5.78 Å². The molecule has 1 N–H and O–H groups in total. The third-order valence-electron chi connectivity index (χ3n) is 3.00. The van der Waals surface area contributed by atoms with Crippen LogP contribution in [0.3, 0.4) is 0 Å². The van der Waals surface area contributed by atoms with Crippen LogP contribution in [0.2, 0.25) is 0 Å². The molecule has 0 saturated carbocycles. The maximum Gasteiger partial charge on any atom is 0.240 e. The van der Waals surface area contributed by atoms with Gasteiger partial charge in [0, 0.05) is 5.56 Å². The lowest BCUT2D eigenvalue weighted by atomic mass is 10.1. The fourth-order valence-corrected chi connectivity index (χ4v) is 2.96. The highest BCUT2D eigenvalue weighted by molar-refractivity contribution is 7.89.